The maximum atomic E-state index is 13.4. The average Bonchev–Trinajstić information content (AvgIpc) is 2.87. The van der Waals surface area contributed by atoms with E-state index in [2.05, 4.69) is 39.8 Å². The third-order valence-corrected chi connectivity index (χ3v) is 7.90. The highest BCUT2D eigenvalue weighted by Gasteiger charge is 2.28. The first kappa shape index (κ1) is 31.4. The Morgan fingerprint density at radius 2 is 0.919 bits per heavy atom. The summed E-state index contributed by atoms with van der Waals surface area (Å²) in [6, 6.07) is 11.8. The lowest BCUT2D eigenvalue weighted by Crippen LogP contribution is -2.07. The smallest absolute Gasteiger partial charge is 0.395 e. The van der Waals surface area contributed by atoms with Gasteiger partial charge in [0, 0.05) is 0 Å². The van der Waals surface area contributed by atoms with Gasteiger partial charge in [0.05, 0.1) is 0 Å². The van der Waals surface area contributed by atoms with E-state index in [1.165, 1.54) is 36.8 Å². The molecule has 4 nitrogen and oxygen atoms in total. The maximum absolute atomic E-state index is 13.4. The van der Waals surface area contributed by atoms with Crippen LogP contribution in [0.15, 0.2) is 36.4 Å². The fraction of sp³-hybridized carbons (Fsp3) is 0.625. The molecular weight excluding hydrogens is 479 g/mol. The standard InChI is InChI=1S/C32H51O4P/c1-5-9-13-19-27-21-17-25-31(29(27)23-15-11-7-3)35-37(33,34)36-32-26-18-22-28(20-14-10-6-2)30(32)24-16-12-8-4/h17-18,21-22,25-26H,5-16,19-20,23-24H2,1-4H3,(H,33,34). The number of phosphoric acid groups is 1. The van der Waals surface area contributed by atoms with Crippen LogP contribution in [-0.4, -0.2) is 4.89 Å². The molecule has 0 fully saturated rings. The second kappa shape index (κ2) is 17.7. The summed E-state index contributed by atoms with van der Waals surface area (Å²) < 4.78 is 25.0. The Morgan fingerprint density at radius 1 is 0.568 bits per heavy atom. The van der Waals surface area contributed by atoms with E-state index < -0.39 is 7.82 Å². The first-order valence-corrected chi connectivity index (χ1v) is 16.4. The Hall–Kier alpha value is -1.77. The van der Waals surface area contributed by atoms with Crippen molar-refractivity contribution in [2.75, 3.05) is 0 Å². The Kier molecular flexibility index (Phi) is 15.0. The Labute approximate surface area is 226 Å². The maximum Gasteiger partial charge on any atom is 0.584 e. The number of aryl methyl sites for hydroxylation is 2. The normalized spacial score (nSPS) is 11.6. The molecule has 0 saturated heterocycles. The van der Waals surface area contributed by atoms with Gasteiger partial charge in [0.2, 0.25) is 0 Å². The molecule has 0 spiro atoms. The minimum absolute atomic E-state index is 0.488. The number of benzene rings is 2. The van der Waals surface area contributed by atoms with Crippen molar-refractivity contribution in [3.63, 3.8) is 0 Å². The van der Waals surface area contributed by atoms with Crippen molar-refractivity contribution in [2.45, 2.75) is 130 Å². The van der Waals surface area contributed by atoms with Crippen molar-refractivity contribution in [3.8, 4) is 11.5 Å². The summed E-state index contributed by atoms with van der Waals surface area (Å²) in [6.07, 6.45) is 17.1. The second-order valence-electron chi connectivity index (χ2n) is 10.3. The lowest BCUT2D eigenvalue weighted by Gasteiger charge is -2.21. The molecule has 1 N–H and O–H groups in total. The van der Waals surface area contributed by atoms with Gasteiger partial charge in [-0.15, -0.1) is 0 Å². The fourth-order valence-electron chi connectivity index (χ4n) is 4.93. The molecule has 0 atom stereocenters. The molecule has 0 bridgehead atoms. The van der Waals surface area contributed by atoms with E-state index in [9.17, 15) is 9.46 Å². The SMILES string of the molecule is CCCCCc1cccc(OP(=O)(O)Oc2cccc(CCCCC)c2CCCCC)c1CCCCC. The van der Waals surface area contributed by atoms with Crippen LogP contribution in [0.3, 0.4) is 0 Å². The number of hydrogen-bond acceptors (Lipinski definition) is 3. The van der Waals surface area contributed by atoms with Crippen LogP contribution < -0.4 is 9.05 Å². The zero-order valence-electron chi connectivity index (χ0n) is 23.9. The predicted molar refractivity (Wildman–Crippen MR) is 157 cm³/mol. The number of unbranched alkanes of at least 4 members (excludes halogenated alkanes) is 8. The first-order chi connectivity index (χ1) is 18.0. The third-order valence-electron chi connectivity index (χ3n) is 7.05. The van der Waals surface area contributed by atoms with Crippen LogP contribution in [0.1, 0.15) is 127 Å². The summed E-state index contributed by atoms with van der Waals surface area (Å²) in [4.78, 5) is 10.9. The largest absolute Gasteiger partial charge is 0.584 e. The Balaban J connectivity index is 2.29. The van der Waals surface area contributed by atoms with Crippen LogP contribution >= 0.6 is 7.82 Å². The van der Waals surface area contributed by atoms with Crippen molar-refractivity contribution >= 4 is 7.82 Å². The molecule has 0 saturated carbocycles. The minimum atomic E-state index is -4.37. The highest BCUT2D eigenvalue weighted by molar-refractivity contribution is 7.48. The lowest BCUT2D eigenvalue weighted by atomic mass is 9.96. The quantitative estimate of drug-likeness (QED) is 0.137. The van der Waals surface area contributed by atoms with Crippen molar-refractivity contribution in [1.29, 1.82) is 0 Å². The van der Waals surface area contributed by atoms with Crippen molar-refractivity contribution in [1.82, 2.24) is 0 Å². The van der Waals surface area contributed by atoms with Gasteiger partial charge in [0.1, 0.15) is 11.5 Å². The van der Waals surface area contributed by atoms with E-state index in [0.717, 1.165) is 88.2 Å². The zero-order chi connectivity index (χ0) is 26.9. The van der Waals surface area contributed by atoms with Crippen LogP contribution in [0.5, 0.6) is 11.5 Å². The molecule has 2 aromatic carbocycles. The Morgan fingerprint density at radius 3 is 1.27 bits per heavy atom. The molecular formula is C32H51O4P. The van der Waals surface area contributed by atoms with Gasteiger partial charge in [0.15, 0.2) is 0 Å². The van der Waals surface area contributed by atoms with Crippen LogP contribution in [0.2, 0.25) is 0 Å². The monoisotopic (exact) mass is 530 g/mol. The number of hydrogen-bond donors (Lipinski definition) is 1. The molecule has 0 aliphatic carbocycles. The minimum Gasteiger partial charge on any atom is -0.395 e. The summed E-state index contributed by atoms with van der Waals surface area (Å²) in [5.41, 5.74) is 4.56. The Bertz CT molecular complexity index is 882. The van der Waals surface area contributed by atoms with Gasteiger partial charge in [-0.2, -0.15) is 0 Å². The molecule has 208 valence electrons. The topological polar surface area (TPSA) is 55.8 Å². The first-order valence-electron chi connectivity index (χ1n) is 14.9. The van der Waals surface area contributed by atoms with Crippen molar-refractivity contribution in [2.24, 2.45) is 0 Å². The molecule has 37 heavy (non-hydrogen) atoms. The van der Waals surface area contributed by atoms with Gasteiger partial charge in [-0.3, -0.25) is 4.89 Å². The molecule has 2 aromatic rings. The molecule has 0 aliphatic rings. The van der Waals surface area contributed by atoms with Crippen molar-refractivity contribution < 1.29 is 18.5 Å². The van der Waals surface area contributed by atoms with Gasteiger partial charge < -0.3 is 9.05 Å². The van der Waals surface area contributed by atoms with E-state index in [4.69, 9.17) is 9.05 Å². The average molecular weight is 531 g/mol. The lowest BCUT2D eigenvalue weighted by molar-refractivity contribution is 0.288. The summed E-state index contributed by atoms with van der Waals surface area (Å²) >= 11 is 0. The van der Waals surface area contributed by atoms with Crippen LogP contribution in [0.25, 0.3) is 0 Å². The van der Waals surface area contributed by atoms with Crippen LogP contribution in [0.4, 0.5) is 0 Å². The highest BCUT2D eigenvalue weighted by Crippen LogP contribution is 2.47. The number of phosphoric ester groups is 1. The molecule has 0 aliphatic heterocycles. The third kappa shape index (κ3) is 11.2. The predicted octanol–water partition coefficient (Wildman–Crippen LogP) is 10.2. The molecule has 0 amide bonds. The molecule has 0 aromatic heterocycles. The van der Waals surface area contributed by atoms with Gasteiger partial charge in [-0.25, -0.2) is 4.57 Å². The van der Waals surface area contributed by atoms with E-state index in [0.29, 0.717) is 11.5 Å². The summed E-state index contributed by atoms with van der Waals surface area (Å²) in [7, 11) is -4.37. The van der Waals surface area contributed by atoms with Crippen LogP contribution in [0, 0.1) is 0 Å². The van der Waals surface area contributed by atoms with Gasteiger partial charge >= 0.3 is 7.82 Å². The van der Waals surface area contributed by atoms with Gasteiger partial charge in [-0.05, 0) is 85.8 Å². The molecule has 0 unspecified atom stereocenters. The molecule has 5 heteroatoms. The van der Waals surface area contributed by atoms with Gasteiger partial charge in [0.25, 0.3) is 0 Å². The van der Waals surface area contributed by atoms with E-state index in [1.807, 2.05) is 24.3 Å². The van der Waals surface area contributed by atoms with E-state index in [1.54, 1.807) is 0 Å². The van der Waals surface area contributed by atoms with Crippen molar-refractivity contribution in [3.05, 3.63) is 58.7 Å². The summed E-state index contributed by atoms with van der Waals surface area (Å²) in [5, 5.41) is 0. The number of rotatable bonds is 20. The fourth-order valence-corrected chi connectivity index (χ4v) is 5.81. The second-order valence-corrected chi connectivity index (χ2v) is 11.6. The molecule has 0 heterocycles. The zero-order valence-corrected chi connectivity index (χ0v) is 24.8. The summed E-state index contributed by atoms with van der Waals surface area (Å²) in [6.45, 7) is 8.79. The van der Waals surface area contributed by atoms with E-state index >= 15 is 0 Å². The van der Waals surface area contributed by atoms with Gasteiger partial charge in [-0.1, -0.05) is 103 Å². The molecule has 0 radical (unpaired) electrons. The summed E-state index contributed by atoms with van der Waals surface area (Å²) in [5.74, 6) is 0.977. The molecule has 2 rings (SSSR count). The van der Waals surface area contributed by atoms with E-state index in [-0.39, 0.29) is 0 Å². The highest BCUT2D eigenvalue weighted by atomic mass is 31.2. The van der Waals surface area contributed by atoms with Crippen LogP contribution in [-0.2, 0) is 30.2 Å².